The lowest BCUT2D eigenvalue weighted by Crippen LogP contribution is -2.42. The number of carbonyl (C=O) groups is 1. The molecule has 0 bridgehead atoms. The number of carbonyl (C=O) groups excluding carboxylic acids is 1. The number of para-hydroxylation sites is 1. The van der Waals surface area contributed by atoms with E-state index in [1.54, 1.807) is 24.3 Å². The molecule has 2 aromatic carbocycles. The van der Waals surface area contributed by atoms with Gasteiger partial charge in [0.25, 0.3) is 11.2 Å². The third kappa shape index (κ3) is 3.43. The second-order valence-corrected chi connectivity index (χ2v) is 5.30. The van der Waals surface area contributed by atoms with Crippen LogP contribution in [-0.4, -0.2) is 20.5 Å². The number of rotatable bonds is 4. The Kier molecular flexibility index (Phi) is 4.48. The van der Waals surface area contributed by atoms with Crippen LogP contribution in [0.5, 0.6) is 0 Å². The Hall–Kier alpha value is -3.95. The van der Waals surface area contributed by atoms with Crippen LogP contribution in [0.1, 0.15) is 0 Å². The zero-order valence-electron chi connectivity index (χ0n) is 13.3. The van der Waals surface area contributed by atoms with E-state index in [2.05, 4.69) is 15.6 Å². The van der Waals surface area contributed by atoms with Gasteiger partial charge in [-0.05, 0) is 24.3 Å². The molecule has 26 heavy (non-hydrogen) atoms. The van der Waals surface area contributed by atoms with Gasteiger partial charge in [0.2, 0.25) is 0 Å². The van der Waals surface area contributed by atoms with Gasteiger partial charge in [-0.1, -0.05) is 12.1 Å². The number of nitro benzene ring substituents is 1. The van der Waals surface area contributed by atoms with E-state index >= 15 is 0 Å². The lowest BCUT2D eigenvalue weighted by Gasteiger charge is -2.09. The zero-order valence-corrected chi connectivity index (χ0v) is 13.3. The van der Waals surface area contributed by atoms with Gasteiger partial charge in [-0.15, -0.1) is 0 Å². The summed E-state index contributed by atoms with van der Waals surface area (Å²) >= 11 is 0. The molecule has 132 valence electrons. The molecule has 3 rings (SSSR count). The van der Waals surface area contributed by atoms with Crippen LogP contribution in [0.2, 0.25) is 0 Å². The minimum atomic E-state index is -0.668. The van der Waals surface area contributed by atoms with E-state index in [1.165, 1.54) is 24.3 Å². The Balaban J connectivity index is 1.72. The third-order valence-corrected chi connectivity index (χ3v) is 3.62. The number of benzene rings is 2. The first-order valence-electron chi connectivity index (χ1n) is 7.47. The largest absolute Gasteiger partial charge is 0.330 e. The number of nitrogens with one attached hydrogen (secondary N) is 3. The fraction of sp³-hybridized carbons (Fsp3) is 0.0625. The van der Waals surface area contributed by atoms with Crippen molar-refractivity contribution in [2.75, 3.05) is 5.32 Å². The summed E-state index contributed by atoms with van der Waals surface area (Å²) in [5.74, 6) is 0. The number of hydrogen-bond donors (Lipinski definition) is 3. The topological polar surface area (TPSA) is 139 Å². The van der Waals surface area contributed by atoms with E-state index in [0.29, 0.717) is 16.6 Å². The van der Waals surface area contributed by atoms with Gasteiger partial charge in [0.1, 0.15) is 6.67 Å². The van der Waals surface area contributed by atoms with Gasteiger partial charge in [0, 0.05) is 17.8 Å². The number of non-ortho nitro benzene ring substituents is 1. The van der Waals surface area contributed by atoms with Crippen LogP contribution in [-0.2, 0) is 6.67 Å². The van der Waals surface area contributed by atoms with Crippen LogP contribution in [0, 0.1) is 10.1 Å². The van der Waals surface area contributed by atoms with E-state index in [-0.39, 0.29) is 12.4 Å². The predicted octanol–water partition coefficient (Wildman–Crippen LogP) is 1.38. The summed E-state index contributed by atoms with van der Waals surface area (Å²) in [6, 6.07) is 11.1. The standard InChI is InChI=1S/C16H13N5O5/c22-14-12-3-1-2-4-13(12)19-16(24)20(14)9-17-15(23)18-10-5-7-11(8-6-10)21(25)26/h1-8H,9H2,(H,19,24)(H2,17,18,23). The molecule has 0 radical (unpaired) electrons. The number of urea groups is 1. The molecular formula is C16H13N5O5. The van der Waals surface area contributed by atoms with Crippen molar-refractivity contribution in [2.45, 2.75) is 6.67 Å². The highest BCUT2D eigenvalue weighted by Crippen LogP contribution is 2.15. The summed E-state index contributed by atoms with van der Waals surface area (Å²) < 4.78 is 0.859. The second-order valence-electron chi connectivity index (χ2n) is 5.30. The minimum absolute atomic E-state index is 0.106. The smallest absolute Gasteiger partial charge is 0.320 e. The summed E-state index contributed by atoms with van der Waals surface area (Å²) in [6.07, 6.45) is 0. The molecule has 10 nitrogen and oxygen atoms in total. The molecule has 0 unspecified atom stereocenters. The third-order valence-electron chi connectivity index (χ3n) is 3.62. The molecule has 0 aliphatic carbocycles. The molecule has 10 heteroatoms. The lowest BCUT2D eigenvalue weighted by atomic mass is 10.2. The molecular weight excluding hydrogens is 342 g/mol. The van der Waals surface area contributed by atoms with Gasteiger partial charge in [-0.3, -0.25) is 14.9 Å². The zero-order chi connectivity index (χ0) is 18.7. The molecule has 0 aliphatic rings. The number of aromatic amines is 1. The number of nitro groups is 1. The quantitative estimate of drug-likeness (QED) is 0.479. The predicted molar refractivity (Wildman–Crippen MR) is 94.1 cm³/mol. The van der Waals surface area contributed by atoms with Gasteiger partial charge >= 0.3 is 11.7 Å². The maximum atomic E-state index is 12.3. The SMILES string of the molecule is O=C(NCn1c(=O)[nH]c2ccccc2c1=O)Nc1ccc([N+](=O)[O-])cc1. The second kappa shape index (κ2) is 6.89. The van der Waals surface area contributed by atoms with Crippen molar-refractivity contribution in [2.24, 2.45) is 0 Å². The van der Waals surface area contributed by atoms with Crippen molar-refractivity contribution >= 4 is 28.3 Å². The van der Waals surface area contributed by atoms with Crippen LogP contribution in [0.25, 0.3) is 10.9 Å². The Morgan fingerprint density at radius 1 is 1.12 bits per heavy atom. The molecule has 0 spiro atoms. The van der Waals surface area contributed by atoms with Crippen LogP contribution >= 0.6 is 0 Å². The highest BCUT2D eigenvalue weighted by molar-refractivity contribution is 5.89. The monoisotopic (exact) mass is 355 g/mol. The summed E-state index contributed by atoms with van der Waals surface area (Å²) in [6.45, 7) is -0.336. The van der Waals surface area contributed by atoms with Crippen molar-refractivity contribution in [1.82, 2.24) is 14.9 Å². The van der Waals surface area contributed by atoms with E-state index in [1.807, 2.05) is 0 Å². The average molecular weight is 355 g/mol. The van der Waals surface area contributed by atoms with Crippen LogP contribution in [0.15, 0.2) is 58.1 Å². The van der Waals surface area contributed by atoms with Crippen molar-refractivity contribution in [1.29, 1.82) is 0 Å². The molecule has 1 aromatic heterocycles. The number of fused-ring (bicyclic) bond motifs is 1. The van der Waals surface area contributed by atoms with Gasteiger partial charge in [-0.25, -0.2) is 14.2 Å². The van der Waals surface area contributed by atoms with Gasteiger partial charge < -0.3 is 15.6 Å². The van der Waals surface area contributed by atoms with Crippen LogP contribution in [0.4, 0.5) is 16.2 Å². The Bertz CT molecular complexity index is 1100. The fourth-order valence-electron chi connectivity index (χ4n) is 2.34. The number of aromatic nitrogens is 2. The van der Waals surface area contributed by atoms with Crippen molar-refractivity contribution in [3.63, 3.8) is 0 Å². The highest BCUT2D eigenvalue weighted by Gasteiger charge is 2.09. The maximum Gasteiger partial charge on any atom is 0.330 e. The summed E-state index contributed by atoms with van der Waals surface area (Å²) in [4.78, 5) is 48.8. The Labute approximate surface area is 145 Å². The molecule has 0 fully saturated rings. The van der Waals surface area contributed by atoms with Crippen molar-refractivity contribution < 1.29 is 9.72 Å². The van der Waals surface area contributed by atoms with Gasteiger partial charge in [0.15, 0.2) is 0 Å². The van der Waals surface area contributed by atoms with Crippen molar-refractivity contribution in [3.05, 3.63) is 79.5 Å². The summed E-state index contributed by atoms with van der Waals surface area (Å²) in [5, 5.41) is 15.8. The van der Waals surface area contributed by atoms with Crippen LogP contribution in [0.3, 0.4) is 0 Å². The average Bonchev–Trinajstić information content (AvgIpc) is 2.62. The van der Waals surface area contributed by atoms with Gasteiger partial charge in [0.05, 0.1) is 15.8 Å². The molecule has 0 aliphatic heterocycles. The number of hydrogen-bond acceptors (Lipinski definition) is 5. The first kappa shape index (κ1) is 16.9. The van der Waals surface area contributed by atoms with E-state index in [4.69, 9.17) is 0 Å². The maximum absolute atomic E-state index is 12.3. The first-order valence-corrected chi connectivity index (χ1v) is 7.47. The Morgan fingerprint density at radius 2 is 1.81 bits per heavy atom. The minimum Gasteiger partial charge on any atom is -0.320 e. The first-order chi connectivity index (χ1) is 12.5. The molecule has 0 saturated carbocycles. The summed E-state index contributed by atoms with van der Waals surface area (Å²) in [7, 11) is 0. The fourth-order valence-corrected chi connectivity index (χ4v) is 2.34. The summed E-state index contributed by atoms with van der Waals surface area (Å²) in [5.41, 5.74) is -0.545. The van der Waals surface area contributed by atoms with E-state index in [9.17, 15) is 24.5 Å². The molecule has 3 N–H and O–H groups in total. The number of H-pyrrole nitrogens is 1. The lowest BCUT2D eigenvalue weighted by molar-refractivity contribution is -0.384. The van der Waals surface area contributed by atoms with E-state index in [0.717, 1.165) is 4.57 Å². The molecule has 2 amide bonds. The van der Waals surface area contributed by atoms with Gasteiger partial charge in [-0.2, -0.15) is 0 Å². The van der Waals surface area contributed by atoms with Crippen molar-refractivity contribution in [3.8, 4) is 0 Å². The highest BCUT2D eigenvalue weighted by atomic mass is 16.6. The van der Waals surface area contributed by atoms with Crippen LogP contribution < -0.4 is 21.9 Å². The number of amides is 2. The normalized spacial score (nSPS) is 10.5. The van der Waals surface area contributed by atoms with E-state index < -0.39 is 22.2 Å². The molecule has 1 heterocycles. The number of anilines is 1. The molecule has 0 saturated heterocycles. The Morgan fingerprint density at radius 3 is 2.50 bits per heavy atom. The number of nitrogens with zero attached hydrogens (tertiary/aromatic N) is 2. The molecule has 3 aromatic rings. The molecule has 0 atom stereocenters.